The van der Waals surface area contributed by atoms with Crippen LogP contribution in [0, 0.1) is 0 Å². The number of unbranched alkanes of at least 4 members (excludes halogenated alkanes) is 24. The van der Waals surface area contributed by atoms with Gasteiger partial charge in [-0.3, -0.25) is 14.4 Å². The molecule has 0 saturated carbocycles. The molecule has 0 aliphatic rings. The van der Waals surface area contributed by atoms with Crippen LogP contribution in [0.3, 0.4) is 0 Å². The van der Waals surface area contributed by atoms with Crippen LogP contribution in [0.5, 0.6) is 0 Å². The molecule has 0 N–H and O–H groups in total. The first kappa shape index (κ1) is 43.4. The minimum atomic E-state index is -0.754. The van der Waals surface area contributed by atoms with Gasteiger partial charge in [-0.05, 0) is 19.3 Å². The molecule has 0 aromatic rings. The van der Waals surface area contributed by atoms with Crippen molar-refractivity contribution in [2.75, 3.05) is 13.2 Å². The second-order valence-electron chi connectivity index (χ2n) is 13.2. The second-order valence-corrected chi connectivity index (χ2v) is 13.2. The number of carbonyl (C=O) groups excluding carboxylic acids is 3. The third-order valence-corrected chi connectivity index (χ3v) is 8.61. The van der Waals surface area contributed by atoms with E-state index in [9.17, 15) is 14.4 Å². The maximum absolute atomic E-state index is 12.6. The molecule has 0 spiro atoms. The summed E-state index contributed by atoms with van der Waals surface area (Å²) in [7, 11) is 0. The summed E-state index contributed by atoms with van der Waals surface area (Å²) in [5.74, 6) is -0.870. The fourth-order valence-electron chi connectivity index (χ4n) is 5.62. The Morgan fingerprint density at radius 3 is 0.889 bits per heavy atom. The number of hydrogen-bond acceptors (Lipinski definition) is 6. The number of carbonyl (C=O) groups is 3. The highest BCUT2D eigenvalue weighted by Crippen LogP contribution is 2.14. The zero-order valence-corrected chi connectivity index (χ0v) is 30.2. The van der Waals surface area contributed by atoms with Gasteiger partial charge in [0.15, 0.2) is 6.10 Å². The maximum Gasteiger partial charge on any atom is 0.306 e. The Morgan fingerprint density at radius 2 is 0.600 bits per heavy atom. The van der Waals surface area contributed by atoms with E-state index < -0.39 is 6.10 Å². The van der Waals surface area contributed by atoms with Crippen LogP contribution in [0.4, 0.5) is 0 Å². The van der Waals surface area contributed by atoms with E-state index in [0.717, 1.165) is 57.8 Å². The van der Waals surface area contributed by atoms with E-state index in [1.54, 1.807) is 0 Å². The van der Waals surface area contributed by atoms with Gasteiger partial charge in [0.1, 0.15) is 13.2 Å². The molecule has 0 aromatic heterocycles. The monoisotopic (exact) mass is 639 g/mol. The van der Waals surface area contributed by atoms with Crippen LogP contribution in [-0.2, 0) is 28.6 Å². The van der Waals surface area contributed by atoms with Gasteiger partial charge in [0, 0.05) is 19.3 Å². The van der Waals surface area contributed by atoms with E-state index in [2.05, 4.69) is 20.8 Å². The highest BCUT2D eigenvalue weighted by molar-refractivity contribution is 5.71. The molecule has 0 heterocycles. The Hall–Kier alpha value is -1.59. The van der Waals surface area contributed by atoms with Crippen molar-refractivity contribution in [3.8, 4) is 0 Å². The Labute approximate surface area is 278 Å². The molecule has 0 aliphatic heterocycles. The van der Waals surface area contributed by atoms with E-state index in [0.29, 0.717) is 19.3 Å². The van der Waals surface area contributed by atoms with Gasteiger partial charge in [-0.1, -0.05) is 175 Å². The summed E-state index contributed by atoms with van der Waals surface area (Å²) in [4.78, 5) is 37.3. The second kappa shape index (κ2) is 35.3. The minimum absolute atomic E-state index is 0.0644. The summed E-state index contributed by atoms with van der Waals surface area (Å²) in [5, 5.41) is 0. The van der Waals surface area contributed by atoms with Crippen LogP contribution < -0.4 is 0 Å². The van der Waals surface area contributed by atoms with E-state index in [-0.39, 0.29) is 31.1 Å². The van der Waals surface area contributed by atoms with Crippen molar-refractivity contribution in [1.82, 2.24) is 0 Å². The molecule has 0 atom stereocenters. The molecular formula is C39H74O6. The van der Waals surface area contributed by atoms with Crippen molar-refractivity contribution in [2.24, 2.45) is 0 Å². The summed E-state index contributed by atoms with van der Waals surface area (Å²) in [5.41, 5.74) is 0. The molecule has 45 heavy (non-hydrogen) atoms. The van der Waals surface area contributed by atoms with Crippen molar-refractivity contribution in [1.29, 1.82) is 0 Å². The van der Waals surface area contributed by atoms with Crippen molar-refractivity contribution in [3.63, 3.8) is 0 Å². The van der Waals surface area contributed by atoms with Crippen LogP contribution in [0.2, 0.25) is 0 Å². The third-order valence-electron chi connectivity index (χ3n) is 8.61. The highest BCUT2D eigenvalue weighted by Gasteiger charge is 2.19. The van der Waals surface area contributed by atoms with Gasteiger partial charge < -0.3 is 14.2 Å². The minimum Gasteiger partial charge on any atom is -0.462 e. The molecule has 0 fully saturated rings. The predicted molar refractivity (Wildman–Crippen MR) is 187 cm³/mol. The Balaban J connectivity index is 4.34. The lowest BCUT2D eigenvalue weighted by Gasteiger charge is -2.18. The molecule has 0 saturated heterocycles. The van der Waals surface area contributed by atoms with Gasteiger partial charge in [0.05, 0.1) is 0 Å². The largest absolute Gasteiger partial charge is 0.462 e. The van der Waals surface area contributed by atoms with Gasteiger partial charge >= 0.3 is 17.9 Å². The molecule has 0 amide bonds. The van der Waals surface area contributed by atoms with Gasteiger partial charge in [-0.15, -0.1) is 0 Å². The summed E-state index contributed by atoms with van der Waals surface area (Å²) < 4.78 is 16.5. The summed E-state index contributed by atoms with van der Waals surface area (Å²) in [6, 6.07) is 0. The van der Waals surface area contributed by atoms with Crippen molar-refractivity contribution in [2.45, 2.75) is 219 Å². The van der Waals surface area contributed by atoms with Crippen LogP contribution in [0.25, 0.3) is 0 Å². The molecule has 0 rings (SSSR count). The van der Waals surface area contributed by atoms with Gasteiger partial charge in [0.25, 0.3) is 0 Å². The topological polar surface area (TPSA) is 78.9 Å². The number of rotatable bonds is 35. The first-order valence-corrected chi connectivity index (χ1v) is 19.5. The molecule has 266 valence electrons. The summed E-state index contributed by atoms with van der Waals surface area (Å²) in [6.07, 6.45) is 32.3. The van der Waals surface area contributed by atoms with Crippen molar-refractivity contribution >= 4 is 17.9 Å². The van der Waals surface area contributed by atoms with E-state index in [1.165, 1.54) is 116 Å². The number of hydrogen-bond donors (Lipinski definition) is 0. The fourth-order valence-corrected chi connectivity index (χ4v) is 5.62. The quantitative estimate of drug-likeness (QED) is 0.0390. The van der Waals surface area contributed by atoms with E-state index >= 15 is 0 Å². The van der Waals surface area contributed by atoms with E-state index in [4.69, 9.17) is 14.2 Å². The lowest BCUT2D eigenvalue weighted by molar-refractivity contribution is -0.167. The molecule has 0 aromatic carbocycles. The number of ether oxygens (including phenoxy) is 3. The van der Waals surface area contributed by atoms with Gasteiger partial charge in [-0.25, -0.2) is 0 Å². The SMILES string of the molecule is CCCCCCCCCCCC(=O)OCC(COC(=O)CCCCCCCCCCC)OC(=O)CCCCCCCCCCC. The Morgan fingerprint density at radius 1 is 0.356 bits per heavy atom. The normalized spacial score (nSPS) is 11.2. The smallest absolute Gasteiger partial charge is 0.306 e. The maximum atomic E-state index is 12.6. The average molecular weight is 639 g/mol. The van der Waals surface area contributed by atoms with Crippen LogP contribution >= 0.6 is 0 Å². The Kier molecular flexibility index (Phi) is 34.0. The van der Waals surface area contributed by atoms with Crippen molar-refractivity contribution < 1.29 is 28.6 Å². The standard InChI is InChI=1S/C39H74O6/c1-4-7-10-13-16-19-22-25-28-31-37(40)43-34-36(45-39(42)33-30-27-24-21-18-15-12-9-6-3)35-44-38(41)32-29-26-23-20-17-14-11-8-5-2/h36H,4-35H2,1-3H3. The summed E-state index contributed by atoms with van der Waals surface area (Å²) >= 11 is 0. The van der Waals surface area contributed by atoms with Crippen LogP contribution in [0.1, 0.15) is 213 Å². The first-order valence-electron chi connectivity index (χ1n) is 19.5. The fraction of sp³-hybridized carbons (Fsp3) is 0.923. The lowest BCUT2D eigenvalue weighted by atomic mass is 10.1. The molecule has 0 radical (unpaired) electrons. The average Bonchev–Trinajstić information content (AvgIpc) is 3.03. The zero-order valence-electron chi connectivity index (χ0n) is 30.2. The zero-order chi connectivity index (χ0) is 33.1. The highest BCUT2D eigenvalue weighted by atomic mass is 16.6. The van der Waals surface area contributed by atoms with Gasteiger partial charge in [-0.2, -0.15) is 0 Å². The molecule has 0 aliphatic carbocycles. The van der Waals surface area contributed by atoms with Crippen molar-refractivity contribution in [3.05, 3.63) is 0 Å². The third kappa shape index (κ3) is 33.6. The molecule has 6 heteroatoms. The Bertz CT molecular complexity index is 626. The van der Waals surface area contributed by atoms with Crippen LogP contribution in [0.15, 0.2) is 0 Å². The molecule has 6 nitrogen and oxygen atoms in total. The van der Waals surface area contributed by atoms with E-state index in [1.807, 2.05) is 0 Å². The molecular weight excluding hydrogens is 564 g/mol. The number of esters is 3. The predicted octanol–water partition coefficient (Wildman–Crippen LogP) is 11.7. The summed E-state index contributed by atoms with van der Waals surface area (Å²) in [6.45, 7) is 6.57. The van der Waals surface area contributed by atoms with Crippen LogP contribution in [-0.4, -0.2) is 37.2 Å². The lowest BCUT2D eigenvalue weighted by Crippen LogP contribution is -2.30. The molecule has 0 unspecified atom stereocenters. The first-order chi connectivity index (χ1) is 22.0. The molecule has 0 bridgehead atoms. The van der Waals surface area contributed by atoms with Gasteiger partial charge in [0.2, 0.25) is 0 Å².